The number of amides is 1. The van der Waals surface area contributed by atoms with Crippen LogP contribution in [0.1, 0.15) is 6.42 Å². The number of nitrogens with two attached hydrogens (primary N) is 1. The lowest BCUT2D eigenvalue weighted by atomic mass is 9.81. The van der Waals surface area contributed by atoms with Crippen molar-refractivity contribution in [3.63, 3.8) is 0 Å². The number of aliphatic carboxylic acids is 3. The Labute approximate surface area is 197 Å². The predicted octanol–water partition coefficient (Wildman–Crippen LogP) is -3.73. The summed E-state index contributed by atoms with van der Waals surface area (Å²) in [5, 5.41) is 51.1. The van der Waals surface area contributed by atoms with Crippen LogP contribution in [0.5, 0.6) is 0 Å². The summed E-state index contributed by atoms with van der Waals surface area (Å²) in [6.07, 6.45) is -1.73. The zero-order chi connectivity index (χ0) is 25.9. The van der Waals surface area contributed by atoms with Crippen LogP contribution in [0.2, 0.25) is 0 Å². The van der Waals surface area contributed by atoms with Crippen LogP contribution >= 0.6 is 0 Å². The van der Waals surface area contributed by atoms with Crippen molar-refractivity contribution < 1.29 is 44.7 Å². The molecule has 0 aliphatic carbocycles. The number of nitrogens with one attached hydrogen (secondary N) is 1. The summed E-state index contributed by atoms with van der Waals surface area (Å²) < 4.78 is 0. The monoisotopic (exact) mass is 489 g/mol. The van der Waals surface area contributed by atoms with Crippen molar-refractivity contribution in [1.82, 2.24) is 20.0 Å². The molecule has 1 rings (SSSR count). The maximum atomic E-state index is 12.3. The van der Waals surface area contributed by atoms with Crippen molar-refractivity contribution in [3.8, 4) is 0 Å². The van der Waals surface area contributed by atoms with Crippen molar-refractivity contribution in [3.05, 3.63) is 12.2 Å². The van der Waals surface area contributed by atoms with E-state index in [-0.39, 0.29) is 51.3 Å². The van der Waals surface area contributed by atoms with E-state index < -0.39 is 55.2 Å². The van der Waals surface area contributed by atoms with Gasteiger partial charge >= 0.3 is 17.9 Å². The van der Waals surface area contributed by atoms with Crippen molar-refractivity contribution in [2.24, 2.45) is 5.73 Å². The molecule has 2 unspecified atom stereocenters. The second-order valence-corrected chi connectivity index (χ2v) is 8.25. The number of hydrogen-bond donors (Lipinski definition) is 7. The first kappa shape index (κ1) is 29.4. The summed E-state index contributed by atoms with van der Waals surface area (Å²) in [7, 11) is 0. The van der Waals surface area contributed by atoms with E-state index >= 15 is 0 Å². The number of rotatable bonds is 11. The minimum atomic E-state index is -1.62. The molecule has 0 aromatic heterocycles. The van der Waals surface area contributed by atoms with E-state index in [0.717, 1.165) is 0 Å². The van der Waals surface area contributed by atoms with Gasteiger partial charge in [-0.3, -0.25) is 33.9 Å². The van der Waals surface area contributed by atoms with E-state index in [1.807, 2.05) is 0 Å². The minimum Gasteiger partial charge on any atom is -0.480 e. The molecule has 0 radical (unpaired) electrons. The molecule has 1 amide bonds. The third kappa shape index (κ3) is 9.32. The molecule has 0 spiro atoms. The van der Waals surface area contributed by atoms with Crippen LogP contribution in [0.15, 0.2) is 12.2 Å². The number of carbonyl (C=O) groups excluding carboxylic acids is 1. The van der Waals surface area contributed by atoms with Gasteiger partial charge in [-0.1, -0.05) is 6.58 Å². The van der Waals surface area contributed by atoms with Gasteiger partial charge in [-0.05, 0) is 6.42 Å². The SMILES string of the molecule is C=C(C(N)=O)C1(CC(O)CO)CN(CC(=O)O)CCN(CC(=O)O)CCNCCN1CC(=O)O. The fourth-order valence-electron chi connectivity index (χ4n) is 4.09. The van der Waals surface area contributed by atoms with Crippen LogP contribution in [0.25, 0.3) is 0 Å². The lowest BCUT2D eigenvalue weighted by molar-refractivity contribution is -0.143. The van der Waals surface area contributed by atoms with Gasteiger partial charge in [0, 0.05) is 51.4 Å². The Hall–Kier alpha value is -2.62. The van der Waals surface area contributed by atoms with Crippen molar-refractivity contribution in [2.45, 2.75) is 18.1 Å². The fraction of sp³-hybridized carbons (Fsp3) is 0.700. The fourth-order valence-corrected chi connectivity index (χ4v) is 4.09. The Bertz CT molecular complexity index is 750. The van der Waals surface area contributed by atoms with E-state index in [4.69, 9.17) is 5.73 Å². The molecule has 14 heteroatoms. The van der Waals surface area contributed by atoms with Crippen molar-refractivity contribution in [2.75, 3.05) is 72.1 Å². The van der Waals surface area contributed by atoms with Crippen LogP contribution in [0.4, 0.5) is 0 Å². The lowest BCUT2D eigenvalue weighted by Gasteiger charge is -2.47. The zero-order valence-electron chi connectivity index (χ0n) is 19.1. The standard InChI is InChI=1S/C20H35N5O9/c1-14(19(21)34)20(8-15(27)12-26)13-24(10-17(30)31)7-6-23(9-16(28)29)4-2-22-3-5-25(20)11-18(32)33/h15,22,26-27H,1-13H2,(H2,21,34)(H,28,29)(H,30,31)(H,32,33). The first-order valence-electron chi connectivity index (χ1n) is 10.7. The number of hydrogen-bond acceptors (Lipinski definition) is 10. The first-order valence-corrected chi connectivity index (χ1v) is 10.7. The molecule has 0 saturated carbocycles. The van der Waals surface area contributed by atoms with Gasteiger partial charge in [-0.25, -0.2) is 0 Å². The van der Waals surface area contributed by atoms with E-state index in [2.05, 4.69) is 11.9 Å². The molecule has 1 saturated heterocycles. The molecule has 1 heterocycles. The Morgan fingerprint density at radius 3 is 1.97 bits per heavy atom. The first-order chi connectivity index (χ1) is 15.9. The second kappa shape index (κ2) is 13.9. The summed E-state index contributed by atoms with van der Waals surface area (Å²) in [6, 6.07) is 0. The smallest absolute Gasteiger partial charge is 0.317 e. The van der Waals surface area contributed by atoms with Gasteiger partial charge in [-0.15, -0.1) is 0 Å². The summed E-state index contributed by atoms with van der Waals surface area (Å²) in [5.41, 5.74) is 3.66. The lowest BCUT2D eigenvalue weighted by Crippen LogP contribution is -2.63. The maximum Gasteiger partial charge on any atom is 0.317 e. The quantitative estimate of drug-likeness (QED) is 0.139. The average molecular weight is 490 g/mol. The summed E-state index contributed by atoms with van der Waals surface area (Å²) >= 11 is 0. The Morgan fingerprint density at radius 2 is 1.44 bits per heavy atom. The predicted molar refractivity (Wildman–Crippen MR) is 119 cm³/mol. The van der Waals surface area contributed by atoms with Gasteiger partial charge in [0.15, 0.2) is 0 Å². The molecule has 2 atom stereocenters. The molecule has 0 bridgehead atoms. The maximum absolute atomic E-state index is 12.3. The van der Waals surface area contributed by atoms with Crippen LogP contribution in [-0.2, 0) is 19.2 Å². The van der Waals surface area contributed by atoms with Crippen LogP contribution < -0.4 is 11.1 Å². The van der Waals surface area contributed by atoms with E-state index in [1.54, 1.807) is 4.90 Å². The van der Waals surface area contributed by atoms with Crippen LogP contribution in [0.3, 0.4) is 0 Å². The average Bonchev–Trinajstić information content (AvgIpc) is 2.72. The molecule has 8 N–H and O–H groups in total. The Morgan fingerprint density at radius 1 is 0.912 bits per heavy atom. The van der Waals surface area contributed by atoms with Gasteiger partial charge in [0.2, 0.25) is 5.91 Å². The van der Waals surface area contributed by atoms with Gasteiger partial charge in [-0.2, -0.15) is 0 Å². The number of aliphatic hydroxyl groups is 2. The third-order valence-electron chi connectivity index (χ3n) is 5.67. The number of carboxylic acids is 3. The molecule has 0 aromatic carbocycles. The van der Waals surface area contributed by atoms with E-state index in [1.165, 1.54) is 9.80 Å². The van der Waals surface area contributed by atoms with Gasteiger partial charge in [0.1, 0.15) is 0 Å². The largest absolute Gasteiger partial charge is 0.480 e. The highest BCUT2D eigenvalue weighted by molar-refractivity contribution is 5.94. The normalized spacial score (nSPS) is 22.8. The highest BCUT2D eigenvalue weighted by atomic mass is 16.4. The van der Waals surface area contributed by atoms with Crippen molar-refractivity contribution >= 4 is 23.8 Å². The number of nitrogens with zero attached hydrogens (tertiary/aromatic N) is 3. The number of aliphatic hydroxyl groups excluding tert-OH is 2. The molecule has 1 aliphatic heterocycles. The molecule has 14 nitrogen and oxygen atoms in total. The Balaban J connectivity index is 3.55. The zero-order valence-corrected chi connectivity index (χ0v) is 19.1. The van der Waals surface area contributed by atoms with Crippen molar-refractivity contribution in [1.29, 1.82) is 0 Å². The number of primary amides is 1. The number of carbonyl (C=O) groups is 4. The molecule has 1 fully saturated rings. The van der Waals surface area contributed by atoms with Gasteiger partial charge < -0.3 is 36.6 Å². The van der Waals surface area contributed by atoms with Gasteiger partial charge in [0.05, 0.1) is 37.9 Å². The molecule has 34 heavy (non-hydrogen) atoms. The van der Waals surface area contributed by atoms with E-state index in [9.17, 15) is 44.7 Å². The summed E-state index contributed by atoms with van der Waals surface area (Å²) in [4.78, 5) is 51.2. The van der Waals surface area contributed by atoms with Crippen LogP contribution in [0, 0.1) is 0 Å². The topological polar surface area (TPSA) is 217 Å². The molecule has 194 valence electrons. The second-order valence-electron chi connectivity index (χ2n) is 8.25. The highest BCUT2D eigenvalue weighted by Gasteiger charge is 2.45. The van der Waals surface area contributed by atoms with E-state index in [0.29, 0.717) is 13.1 Å². The third-order valence-corrected chi connectivity index (χ3v) is 5.67. The number of carboxylic acid groups (broad SMARTS) is 3. The Kier molecular flexibility index (Phi) is 12.1. The molecule has 1 aliphatic rings. The highest BCUT2D eigenvalue weighted by Crippen LogP contribution is 2.31. The van der Waals surface area contributed by atoms with Gasteiger partial charge in [0.25, 0.3) is 0 Å². The van der Waals surface area contributed by atoms with Crippen LogP contribution in [-0.4, -0.2) is 148 Å². The summed E-state index contributed by atoms with van der Waals surface area (Å²) in [5.74, 6) is -4.45. The molecule has 0 aromatic rings. The molecular formula is C20H35N5O9. The molecular weight excluding hydrogens is 454 g/mol. The minimum absolute atomic E-state index is 0.0522. The summed E-state index contributed by atoms with van der Waals surface area (Å²) in [6.45, 7) is 2.68.